The summed E-state index contributed by atoms with van der Waals surface area (Å²) in [5.74, 6) is 0.686. The van der Waals surface area contributed by atoms with Gasteiger partial charge in [-0.25, -0.2) is 4.79 Å². The molecule has 0 radical (unpaired) electrons. The van der Waals surface area contributed by atoms with Gasteiger partial charge < -0.3 is 9.52 Å². The van der Waals surface area contributed by atoms with Gasteiger partial charge in [-0.05, 0) is 23.8 Å². The molecule has 18 heavy (non-hydrogen) atoms. The molecule has 1 aromatic carbocycles. The lowest BCUT2D eigenvalue weighted by atomic mass is 10.1. The summed E-state index contributed by atoms with van der Waals surface area (Å²) in [6, 6.07) is 7.17. The van der Waals surface area contributed by atoms with E-state index in [1.165, 1.54) is 6.07 Å². The van der Waals surface area contributed by atoms with Crippen molar-refractivity contribution in [1.29, 1.82) is 0 Å². The molecule has 5 heteroatoms. The van der Waals surface area contributed by atoms with Gasteiger partial charge in [0.25, 0.3) is 0 Å². The highest BCUT2D eigenvalue weighted by Crippen LogP contribution is 2.25. The topological polar surface area (TPSA) is 50.4 Å². The van der Waals surface area contributed by atoms with Crippen LogP contribution in [0.5, 0.6) is 0 Å². The molecule has 2 aromatic rings. The van der Waals surface area contributed by atoms with Crippen molar-refractivity contribution in [3.8, 4) is 0 Å². The number of aliphatic hydroxyl groups excluding tert-OH is 1. The smallest absolute Gasteiger partial charge is 0.336 e. The van der Waals surface area contributed by atoms with Crippen LogP contribution in [0.3, 0.4) is 0 Å². The van der Waals surface area contributed by atoms with Gasteiger partial charge in [0.1, 0.15) is 5.58 Å². The summed E-state index contributed by atoms with van der Waals surface area (Å²) in [5, 5.41) is 10.1. The largest absolute Gasteiger partial charge is 0.423 e. The van der Waals surface area contributed by atoms with Crippen LogP contribution in [0.25, 0.3) is 11.0 Å². The summed E-state index contributed by atoms with van der Waals surface area (Å²) in [6.07, 6.45) is 0. The molecule has 0 bridgehead atoms. The maximum absolute atomic E-state index is 11.5. The van der Waals surface area contributed by atoms with Gasteiger partial charge in [0.15, 0.2) is 0 Å². The second kappa shape index (κ2) is 5.91. The molecule has 0 aliphatic heterocycles. The Balaban J connectivity index is 2.40. The third kappa shape index (κ3) is 3.16. The average molecular weight is 329 g/mol. The molecular formula is C13H13BrO3S. The second-order valence-corrected chi connectivity index (χ2v) is 6.38. The number of thioether (sulfide) groups is 1. The minimum atomic E-state index is -0.340. The van der Waals surface area contributed by atoms with E-state index < -0.39 is 0 Å². The van der Waals surface area contributed by atoms with E-state index in [9.17, 15) is 4.79 Å². The van der Waals surface area contributed by atoms with Crippen molar-refractivity contribution in [1.82, 2.24) is 0 Å². The van der Waals surface area contributed by atoms with Crippen LogP contribution in [-0.2, 0) is 5.75 Å². The minimum Gasteiger partial charge on any atom is -0.423 e. The fourth-order valence-corrected chi connectivity index (χ4v) is 2.76. The van der Waals surface area contributed by atoms with E-state index >= 15 is 0 Å². The Bertz CT molecular complexity index is 609. The quantitative estimate of drug-likeness (QED) is 0.876. The maximum Gasteiger partial charge on any atom is 0.336 e. The van der Waals surface area contributed by atoms with Gasteiger partial charge in [0, 0.05) is 26.9 Å². The first-order valence-electron chi connectivity index (χ1n) is 5.55. The van der Waals surface area contributed by atoms with Crippen LogP contribution in [0.2, 0.25) is 0 Å². The molecule has 1 unspecified atom stereocenters. The summed E-state index contributed by atoms with van der Waals surface area (Å²) in [6.45, 7) is 2.09. The fraction of sp³-hybridized carbons (Fsp3) is 0.308. The molecule has 0 saturated carbocycles. The molecule has 1 heterocycles. The van der Waals surface area contributed by atoms with Gasteiger partial charge in [-0.2, -0.15) is 11.8 Å². The molecule has 0 fully saturated rings. The highest BCUT2D eigenvalue weighted by molar-refractivity contribution is 9.10. The number of hydrogen-bond acceptors (Lipinski definition) is 4. The van der Waals surface area contributed by atoms with Crippen LogP contribution in [0.1, 0.15) is 12.5 Å². The zero-order valence-corrected chi connectivity index (χ0v) is 12.3. The Morgan fingerprint density at radius 1 is 1.44 bits per heavy atom. The van der Waals surface area contributed by atoms with E-state index in [2.05, 4.69) is 15.9 Å². The van der Waals surface area contributed by atoms with Gasteiger partial charge in [0.2, 0.25) is 0 Å². The van der Waals surface area contributed by atoms with Crippen LogP contribution in [0.4, 0.5) is 0 Å². The Morgan fingerprint density at radius 3 is 2.94 bits per heavy atom. The van der Waals surface area contributed by atoms with Crippen LogP contribution in [0, 0.1) is 0 Å². The highest BCUT2D eigenvalue weighted by atomic mass is 79.9. The minimum absolute atomic E-state index is 0.135. The molecular weight excluding hydrogens is 316 g/mol. The van der Waals surface area contributed by atoms with Crippen LogP contribution in [-0.4, -0.2) is 17.0 Å². The molecule has 1 aromatic heterocycles. The molecule has 2 rings (SSSR count). The first-order valence-corrected chi connectivity index (χ1v) is 7.39. The molecule has 0 saturated heterocycles. The molecule has 0 aliphatic carbocycles. The van der Waals surface area contributed by atoms with E-state index in [1.807, 2.05) is 19.1 Å². The molecule has 1 atom stereocenters. The monoisotopic (exact) mass is 328 g/mol. The van der Waals surface area contributed by atoms with Crippen LogP contribution in [0.15, 0.2) is 37.9 Å². The van der Waals surface area contributed by atoms with E-state index in [0.29, 0.717) is 11.3 Å². The van der Waals surface area contributed by atoms with Gasteiger partial charge in [-0.15, -0.1) is 0 Å². The van der Waals surface area contributed by atoms with Gasteiger partial charge in [-0.3, -0.25) is 0 Å². The average Bonchev–Trinajstić information content (AvgIpc) is 2.34. The van der Waals surface area contributed by atoms with Crippen molar-refractivity contribution in [3.05, 3.63) is 44.7 Å². The Hall–Kier alpha value is -0.780. The number of benzene rings is 1. The Kier molecular flexibility index (Phi) is 4.48. The summed E-state index contributed by atoms with van der Waals surface area (Å²) in [7, 11) is 0. The number of aliphatic hydroxyl groups is 1. The van der Waals surface area contributed by atoms with E-state index in [4.69, 9.17) is 9.52 Å². The highest BCUT2D eigenvalue weighted by Gasteiger charge is 2.08. The standard InChI is InChI=1S/C13H13BrO3S/c1-8(6-15)18-7-9-4-13(16)17-12-5-10(14)2-3-11(9)12/h2-5,8,15H,6-7H2,1H3. The van der Waals surface area contributed by atoms with Gasteiger partial charge in [-0.1, -0.05) is 22.9 Å². The number of halogens is 1. The zero-order valence-electron chi connectivity index (χ0n) is 9.85. The van der Waals surface area contributed by atoms with Crippen molar-refractivity contribution >= 4 is 38.7 Å². The first kappa shape index (κ1) is 13.6. The van der Waals surface area contributed by atoms with Gasteiger partial charge in [0.05, 0.1) is 6.61 Å². The van der Waals surface area contributed by atoms with Crippen LogP contribution < -0.4 is 5.63 Å². The predicted octanol–water partition coefficient (Wildman–Crippen LogP) is 3.17. The summed E-state index contributed by atoms with van der Waals surface area (Å²) >= 11 is 4.97. The molecule has 1 N–H and O–H groups in total. The predicted molar refractivity (Wildman–Crippen MR) is 78.0 cm³/mol. The van der Waals surface area contributed by atoms with E-state index in [0.717, 1.165) is 15.4 Å². The van der Waals surface area contributed by atoms with Gasteiger partial charge >= 0.3 is 5.63 Å². The fourth-order valence-electron chi connectivity index (χ4n) is 1.61. The number of fused-ring (bicyclic) bond motifs is 1. The summed E-state index contributed by atoms with van der Waals surface area (Å²) < 4.78 is 6.05. The lowest BCUT2D eigenvalue weighted by Gasteiger charge is -2.09. The molecule has 96 valence electrons. The van der Waals surface area contributed by atoms with Crippen molar-refractivity contribution in [3.63, 3.8) is 0 Å². The lowest BCUT2D eigenvalue weighted by molar-refractivity contribution is 0.300. The summed E-state index contributed by atoms with van der Waals surface area (Å²) in [5.41, 5.74) is 1.19. The van der Waals surface area contributed by atoms with E-state index in [1.54, 1.807) is 17.8 Å². The zero-order chi connectivity index (χ0) is 13.1. The Morgan fingerprint density at radius 2 is 2.22 bits per heavy atom. The number of rotatable bonds is 4. The van der Waals surface area contributed by atoms with Crippen molar-refractivity contribution < 1.29 is 9.52 Å². The molecule has 3 nitrogen and oxygen atoms in total. The Labute approximate surface area is 117 Å². The summed E-state index contributed by atoms with van der Waals surface area (Å²) in [4.78, 5) is 11.5. The second-order valence-electron chi connectivity index (χ2n) is 4.04. The molecule has 0 amide bonds. The van der Waals surface area contributed by atoms with Crippen LogP contribution >= 0.6 is 27.7 Å². The SMILES string of the molecule is CC(CO)SCc1cc(=O)oc2cc(Br)ccc12. The molecule has 0 spiro atoms. The third-order valence-electron chi connectivity index (χ3n) is 2.57. The lowest BCUT2D eigenvalue weighted by Crippen LogP contribution is -2.04. The molecule has 0 aliphatic rings. The first-order chi connectivity index (χ1) is 8.60. The van der Waals surface area contributed by atoms with E-state index in [-0.39, 0.29) is 17.5 Å². The normalized spacial score (nSPS) is 12.8. The number of hydrogen-bond donors (Lipinski definition) is 1. The van der Waals surface area contributed by atoms with Crippen molar-refractivity contribution in [2.45, 2.75) is 17.9 Å². The third-order valence-corrected chi connectivity index (χ3v) is 4.26. The maximum atomic E-state index is 11.5. The van der Waals surface area contributed by atoms with Crippen molar-refractivity contribution in [2.24, 2.45) is 0 Å². The van der Waals surface area contributed by atoms with Crippen molar-refractivity contribution in [2.75, 3.05) is 6.61 Å².